The van der Waals surface area contributed by atoms with Crippen LogP contribution in [0.3, 0.4) is 0 Å². The molecule has 0 fully saturated rings. The maximum atomic E-state index is 13.6. The van der Waals surface area contributed by atoms with Gasteiger partial charge in [0, 0.05) is 6.04 Å². The lowest BCUT2D eigenvalue weighted by Crippen LogP contribution is -2.20. The molecule has 2 N–H and O–H groups in total. The standard InChI is InChI=1S/C17H16FN3/c18-13-6-8-15-16(10-13)21(17(19)20-15)14-7-5-11-3-1-2-4-12(11)9-14/h1-4,6,8,10,14H,5,7,9H2,(H2,19,20). The lowest BCUT2D eigenvalue weighted by molar-refractivity contribution is 0.457. The van der Waals surface area contributed by atoms with Crippen LogP contribution in [0.5, 0.6) is 0 Å². The number of aromatic nitrogens is 2. The summed E-state index contributed by atoms with van der Waals surface area (Å²) in [5.41, 5.74) is 10.4. The van der Waals surface area contributed by atoms with Gasteiger partial charge in [0.25, 0.3) is 0 Å². The van der Waals surface area contributed by atoms with Crippen LogP contribution in [0.25, 0.3) is 11.0 Å². The summed E-state index contributed by atoms with van der Waals surface area (Å²) in [5.74, 6) is 0.222. The Balaban J connectivity index is 1.81. The van der Waals surface area contributed by atoms with Gasteiger partial charge in [0.15, 0.2) is 0 Å². The molecule has 0 saturated heterocycles. The molecule has 0 spiro atoms. The van der Waals surface area contributed by atoms with E-state index in [-0.39, 0.29) is 11.9 Å². The molecule has 0 bridgehead atoms. The minimum atomic E-state index is -0.250. The fraction of sp³-hybridized carbons (Fsp3) is 0.235. The second-order valence-electron chi connectivity index (χ2n) is 5.64. The fourth-order valence-electron chi connectivity index (χ4n) is 3.37. The molecule has 1 aromatic heterocycles. The van der Waals surface area contributed by atoms with Gasteiger partial charge in [0.1, 0.15) is 5.82 Å². The first-order valence-electron chi connectivity index (χ1n) is 7.22. The quantitative estimate of drug-likeness (QED) is 0.742. The van der Waals surface area contributed by atoms with Gasteiger partial charge < -0.3 is 10.3 Å². The third kappa shape index (κ3) is 1.98. The van der Waals surface area contributed by atoms with Gasteiger partial charge in [-0.3, -0.25) is 0 Å². The Morgan fingerprint density at radius 3 is 2.81 bits per heavy atom. The van der Waals surface area contributed by atoms with Crippen LogP contribution in [-0.2, 0) is 12.8 Å². The highest BCUT2D eigenvalue weighted by atomic mass is 19.1. The van der Waals surface area contributed by atoms with Crippen LogP contribution in [0.4, 0.5) is 10.3 Å². The summed E-state index contributed by atoms with van der Waals surface area (Å²) in [4.78, 5) is 4.36. The maximum absolute atomic E-state index is 13.6. The molecule has 2 aromatic carbocycles. The van der Waals surface area contributed by atoms with Crippen LogP contribution in [0.15, 0.2) is 42.5 Å². The van der Waals surface area contributed by atoms with E-state index in [2.05, 4.69) is 29.2 Å². The van der Waals surface area contributed by atoms with E-state index in [9.17, 15) is 4.39 Å². The maximum Gasteiger partial charge on any atom is 0.201 e. The summed E-state index contributed by atoms with van der Waals surface area (Å²) in [6, 6.07) is 13.4. The van der Waals surface area contributed by atoms with E-state index in [1.165, 1.54) is 23.3 Å². The van der Waals surface area contributed by atoms with Crippen LogP contribution >= 0.6 is 0 Å². The number of nitrogens with two attached hydrogens (primary N) is 1. The van der Waals surface area contributed by atoms with Crippen LogP contribution in [0.1, 0.15) is 23.6 Å². The highest BCUT2D eigenvalue weighted by molar-refractivity contribution is 5.78. The number of imidazole rings is 1. The topological polar surface area (TPSA) is 43.8 Å². The number of benzene rings is 2. The number of rotatable bonds is 1. The zero-order valence-corrected chi connectivity index (χ0v) is 11.6. The second kappa shape index (κ2) is 4.58. The first kappa shape index (κ1) is 12.4. The molecule has 4 rings (SSSR count). The molecule has 1 heterocycles. The van der Waals surface area contributed by atoms with Crippen molar-refractivity contribution in [3.05, 3.63) is 59.4 Å². The Hall–Kier alpha value is -2.36. The van der Waals surface area contributed by atoms with Gasteiger partial charge in [0.2, 0.25) is 5.95 Å². The van der Waals surface area contributed by atoms with Crippen molar-refractivity contribution in [1.82, 2.24) is 9.55 Å². The molecule has 21 heavy (non-hydrogen) atoms. The summed E-state index contributed by atoms with van der Waals surface area (Å²) in [6.45, 7) is 0. The van der Waals surface area contributed by atoms with Gasteiger partial charge in [-0.05, 0) is 48.6 Å². The molecule has 1 unspecified atom stereocenters. The summed E-state index contributed by atoms with van der Waals surface area (Å²) < 4.78 is 15.5. The average Bonchev–Trinajstić information content (AvgIpc) is 2.82. The largest absolute Gasteiger partial charge is 0.369 e. The molecular formula is C17H16FN3. The fourth-order valence-corrected chi connectivity index (χ4v) is 3.37. The Bertz CT molecular complexity index is 822. The highest BCUT2D eigenvalue weighted by Gasteiger charge is 2.23. The molecule has 3 nitrogen and oxygen atoms in total. The van der Waals surface area contributed by atoms with Gasteiger partial charge in [-0.25, -0.2) is 9.37 Å². The number of nitrogens with zero attached hydrogens (tertiary/aromatic N) is 2. The van der Waals surface area contributed by atoms with Gasteiger partial charge in [-0.2, -0.15) is 0 Å². The molecule has 4 heteroatoms. The van der Waals surface area contributed by atoms with E-state index in [1.807, 2.05) is 4.57 Å². The van der Waals surface area contributed by atoms with Crippen molar-refractivity contribution in [2.24, 2.45) is 0 Å². The van der Waals surface area contributed by atoms with Crippen molar-refractivity contribution in [3.63, 3.8) is 0 Å². The number of hydrogen-bond donors (Lipinski definition) is 1. The van der Waals surface area contributed by atoms with Crippen LogP contribution < -0.4 is 5.73 Å². The van der Waals surface area contributed by atoms with Crippen LogP contribution in [-0.4, -0.2) is 9.55 Å². The minimum absolute atomic E-state index is 0.242. The van der Waals surface area contributed by atoms with Crippen molar-refractivity contribution < 1.29 is 4.39 Å². The van der Waals surface area contributed by atoms with Gasteiger partial charge in [-0.15, -0.1) is 0 Å². The first-order chi connectivity index (χ1) is 10.2. The van der Waals surface area contributed by atoms with E-state index in [0.29, 0.717) is 5.95 Å². The molecule has 0 aliphatic heterocycles. The number of nitrogen functional groups attached to an aromatic ring is 1. The minimum Gasteiger partial charge on any atom is -0.369 e. The molecular weight excluding hydrogens is 265 g/mol. The first-order valence-corrected chi connectivity index (χ1v) is 7.22. The molecule has 1 aliphatic carbocycles. The summed E-state index contributed by atoms with van der Waals surface area (Å²) >= 11 is 0. The number of halogens is 1. The Morgan fingerprint density at radius 2 is 1.95 bits per heavy atom. The summed E-state index contributed by atoms with van der Waals surface area (Å²) in [7, 11) is 0. The van der Waals surface area contributed by atoms with Crippen LogP contribution in [0.2, 0.25) is 0 Å². The van der Waals surface area contributed by atoms with Crippen molar-refractivity contribution >= 4 is 17.0 Å². The lowest BCUT2D eigenvalue weighted by Gasteiger charge is -2.27. The highest BCUT2D eigenvalue weighted by Crippen LogP contribution is 2.33. The number of aryl methyl sites for hydroxylation is 1. The molecule has 1 aliphatic rings. The zero-order valence-electron chi connectivity index (χ0n) is 11.6. The molecule has 106 valence electrons. The number of hydrogen-bond acceptors (Lipinski definition) is 2. The van der Waals surface area contributed by atoms with E-state index in [4.69, 9.17) is 5.73 Å². The Labute approximate surface area is 122 Å². The molecule has 0 amide bonds. The lowest BCUT2D eigenvalue weighted by atomic mass is 9.88. The van der Waals surface area contributed by atoms with E-state index in [0.717, 1.165) is 30.3 Å². The average molecular weight is 281 g/mol. The van der Waals surface area contributed by atoms with Gasteiger partial charge >= 0.3 is 0 Å². The third-order valence-electron chi connectivity index (χ3n) is 4.36. The molecule has 0 saturated carbocycles. The Morgan fingerprint density at radius 1 is 1.14 bits per heavy atom. The van der Waals surface area contributed by atoms with E-state index < -0.39 is 0 Å². The molecule has 1 atom stereocenters. The van der Waals surface area contributed by atoms with Crippen molar-refractivity contribution in [2.45, 2.75) is 25.3 Å². The summed E-state index contributed by atoms with van der Waals surface area (Å²) in [5, 5.41) is 0. The zero-order chi connectivity index (χ0) is 14.4. The summed E-state index contributed by atoms with van der Waals surface area (Å²) in [6.07, 6.45) is 2.95. The molecule has 0 radical (unpaired) electrons. The van der Waals surface area contributed by atoms with Gasteiger partial charge in [0.05, 0.1) is 11.0 Å². The van der Waals surface area contributed by atoms with Gasteiger partial charge in [-0.1, -0.05) is 24.3 Å². The number of anilines is 1. The van der Waals surface area contributed by atoms with Crippen molar-refractivity contribution in [1.29, 1.82) is 0 Å². The van der Waals surface area contributed by atoms with Crippen molar-refractivity contribution in [3.8, 4) is 0 Å². The second-order valence-corrected chi connectivity index (χ2v) is 5.64. The van der Waals surface area contributed by atoms with Crippen molar-refractivity contribution in [2.75, 3.05) is 5.73 Å². The SMILES string of the molecule is Nc1nc2ccc(F)cc2n1C1CCc2ccccc2C1. The van der Waals surface area contributed by atoms with Crippen LogP contribution in [0, 0.1) is 5.82 Å². The predicted molar refractivity (Wildman–Crippen MR) is 81.6 cm³/mol. The molecule has 3 aromatic rings. The van der Waals surface area contributed by atoms with E-state index >= 15 is 0 Å². The normalized spacial score (nSPS) is 17.9. The third-order valence-corrected chi connectivity index (χ3v) is 4.36. The smallest absolute Gasteiger partial charge is 0.201 e. The monoisotopic (exact) mass is 281 g/mol. The Kier molecular flexibility index (Phi) is 2.70. The predicted octanol–water partition coefficient (Wildman–Crippen LogP) is 3.49. The van der Waals surface area contributed by atoms with E-state index in [1.54, 1.807) is 6.07 Å². The number of fused-ring (bicyclic) bond motifs is 2.